The van der Waals surface area contributed by atoms with Crippen molar-refractivity contribution in [3.8, 4) is 0 Å². The number of carbonyl (C=O) groups is 1. The van der Waals surface area contributed by atoms with E-state index >= 15 is 0 Å². The fourth-order valence-electron chi connectivity index (χ4n) is 1.59. The standard InChI is InChI=1S/C11H10N2OS.C5H6O.C2H6/c1-12-11-13-7-9(15-11)10(14)8-5-3-2-4-6-8;1-5-3-2-4-6-5;1-2/h2-7H,1H3,(H,12,13);2-4H,1H3;1-2H3. The quantitative estimate of drug-likeness (QED) is 0.684. The van der Waals surface area contributed by atoms with Gasteiger partial charge in [-0.1, -0.05) is 55.5 Å². The van der Waals surface area contributed by atoms with Gasteiger partial charge >= 0.3 is 0 Å². The number of nitrogens with zero attached hydrogens (tertiary/aromatic N) is 1. The Labute approximate surface area is 141 Å². The van der Waals surface area contributed by atoms with Gasteiger partial charge in [-0.3, -0.25) is 4.79 Å². The molecule has 0 aliphatic carbocycles. The van der Waals surface area contributed by atoms with Gasteiger partial charge in [0, 0.05) is 12.6 Å². The molecule has 2 aromatic heterocycles. The molecule has 2 heterocycles. The number of hydrogen-bond donors (Lipinski definition) is 1. The second kappa shape index (κ2) is 10.3. The summed E-state index contributed by atoms with van der Waals surface area (Å²) in [5.41, 5.74) is 0.698. The van der Waals surface area contributed by atoms with Crippen molar-refractivity contribution in [2.24, 2.45) is 0 Å². The maximum absolute atomic E-state index is 11.9. The van der Waals surface area contributed by atoms with E-state index in [1.807, 2.05) is 51.1 Å². The van der Waals surface area contributed by atoms with Gasteiger partial charge in [0.1, 0.15) is 5.76 Å². The van der Waals surface area contributed by atoms with Crippen LogP contribution in [0.4, 0.5) is 5.13 Å². The molecular weight excluding hydrogens is 308 g/mol. The van der Waals surface area contributed by atoms with E-state index < -0.39 is 0 Å². The number of rotatable bonds is 3. The topological polar surface area (TPSA) is 55.1 Å². The van der Waals surface area contributed by atoms with Crippen LogP contribution in [-0.4, -0.2) is 17.8 Å². The molecule has 0 radical (unpaired) electrons. The molecule has 0 atom stereocenters. The number of nitrogens with one attached hydrogen (secondary N) is 1. The molecule has 0 fully saturated rings. The molecule has 23 heavy (non-hydrogen) atoms. The Morgan fingerprint density at radius 2 is 1.83 bits per heavy atom. The van der Waals surface area contributed by atoms with Crippen LogP contribution in [0, 0.1) is 6.92 Å². The van der Waals surface area contributed by atoms with Crippen molar-refractivity contribution < 1.29 is 9.21 Å². The van der Waals surface area contributed by atoms with E-state index in [1.165, 1.54) is 11.3 Å². The highest BCUT2D eigenvalue weighted by Crippen LogP contribution is 2.20. The second-order valence-electron chi connectivity index (χ2n) is 4.20. The lowest BCUT2D eigenvalue weighted by atomic mass is 10.1. The molecule has 122 valence electrons. The maximum Gasteiger partial charge on any atom is 0.204 e. The third kappa shape index (κ3) is 6.08. The summed E-state index contributed by atoms with van der Waals surface area (Å²) in [6.07, 6.45) is 3.27. The number of benzene rings is 1. The molecule has 1 N–H and O–H groups in total. The van der Waals surface area contributed by atoms with Gasteiger partial charge in [0.25, 0.3) is 0 Å². The summed E-state index contributed by atoms with van der Waals surface area (Å²) in [7, 11) is 1.79. The number of carbonyl (C=O) groups excluding carboxylic acids is 1. The molecule has 1 aromatic carbocycles. The predicted octanol–water partition coefficient (Wildman–Crippen LogP) is 5.03. The van der Waals surface area contributed by atoms with E-state index in [0.29, 0.717) is 10.4 Å². The first-order chi connectivity index (χ1) is 11.2. The van der Waals surface area contributed by atoms with Crippen LogP contribution in [0.2, 0.25) is 0 Å². The summed E-state index contributed by atoms with van der Waals surface area (Å²) < 4.78 is 4.83. The van der Waals surface area contributed by atoms with E-state index in [-0.39, 0.29) is 5.78 Å². The van der Waals surface area contributed by atoms with Gasteiger partial charge in [-0.2, -0.15) is 0 Å². The Hall–Kier alpha value is -2.40. The number of hydrogen-bond acceptors (Lipinski definition) is 5. The van der Waals surface area contributed by atoms with Crippen LogP contribution in [0.25, 0.3) is 0 Å². The first-order valence-electron chi connectivity index (χ1n) is 7.44. The van der Waals surface area contributed by atoms with Gasteiger partial charge in [0.15, 0.2) is 5.13 Å². The largest absolute Gasteiger partial charge is 0.470 e. The van der Waals surface area contributed by atoms with Crippen LogP contribution in [-0.2, 0) is 0 Å². The number of furan rings is 1. The summed E-state index contributed by atoms with van der Waals surface area (Å²) in [6.45, 7) is 5.92. The zero-order chi connectivity index (χ0) is 17.1. The number of anilines is 1. The highest BCUT2D eigenvalue weighted by molar-refractivity contribution is 7.17. The molecule has 0 amide bonds. The second-order valence-corrected chi connectivity index (χ2v) is 5.23. The molecule has 0 aliphatic heterocycles. The fraction of sp³-hybridized carbons (Fsp3) is 0.222. The highest BCUT2D eigenvalue weighted by Gasteiger charge is 2.11. The predicted molar refractivity (Wildman–Crippen MR) is 96.3 cm³/mol. The summed E-state index contributed by atoms with van der Waals surface area (Å²) >= 11 is 1.36. The number of ketones is 1. The average molecular weight is 330 g/mol. The van der Waals surface area contributed by atoms with Crippen molar-refractivity contribution in [1.82, 2.24) is 4.98 Å². The number of aryl methyl sites for hydroxylation is 1. The Morgan fingerprint density at radius 3 is 2.26 bits per heavy atom. The molecule has 4 nitrogen and oxygen atoms in total. The van der Waals surface area contributed by atoms with Gasteiger partial charge in [0.2, 0.25) is 5.78 Å². The molecular formula is C18H22N2O2S. The van der Waals surface area contributed by atoms with E-state index in [9.17, 15) is 4.79 Å². The normalized spacial score (nSPS) is 9.04. The first kappa shape index (κ1) is 18.6. The van der Waals surface area contributed by atoms with E-state index in [1.54, 1.807) is 31.6 Å². The maximum atomic E-state index is 11.9. The van der Waals surface area contributed by atoms with E-state index in [2.05, 4.69) is 10.3 Å². The molecule has 0 saturated carbocycles. The summed E-state index contributed by atoms with van der Waals surface area (Å²) in [4.78, 5) is 16.6. The molecule has 5 heteroatoms. The summed E-state index contributed by atoms with van der Waals surface area (Å²) in [5, 5.41) is 3.67. The monoisotopic (exact) mass is 330 g/mol. The van der Waals surface area contributed by atoms with Gasteiger partial charge in [0.05, 0.1) is 17.3 Å². The Morgan fingerprint density at radius 1 is 1.13 bits per heavy atom. The van der Waals surface area contributed by atoms with Crippen LogP contribution in [0.15, 0.2) is 59.3 Å². The average Bonchev–Trinajstić information content (AvgIpc) is 3.28. The van der Waals surface area contributed by atoms with Crippen LogP contribution in [0.1, 0.15) is 34.8 Å². The third-order valence-electron chi connectivity index (χ3n) is 2.64. The lowest BCUT2D eigenvalue weighted by Gasteiger charge is -1.95. The van der Waals surface area contributed by atoms with Crippen molar-refractivity contribution in [2.45, 2.75) is 20.8 Å². The van der Waals surface area contributed by atoms with Crippen molar-refractivity contribution in [2.75, 3.05) is 12.4 Å². The van der Waals surface area contributed by atoms with Gasteiger partial charge in [-0.15, -0.1) is 0 Å². The lowest BCUT2D eigenvalue weighted by Crippen LogP contribution is -1.97. The zero-order valence-corrected chi connectivity index (χ0v) is 14.7. The minimum Gasteiger partial charge on any atom is -0.470 e. The number of aromatic nitrogens is 1. The first-order valence-corrected chi connectivity index (χ1v) is 8.26. The molecule has 0 aliphatic rings. The van der Waals surface area contributed by atoms with Crippen molar-refractivity contribution in [1.29, 1.82) is 0 Å². The van der Waals surface area contributed by atoms with Gasteiger partial charge < -0.3 is 9.73 Å². The lowest BCUT2D eigenvalue weighted by molar-refractivity contribution is 0.104. The van der Waals surface area contributed by atoms with Crippen LogP contribution in [0.3, 0.4) is 0 Å². The molecule has 0 saturated heterocycles. The number of thiazole rings is 1. The SMILES string of the molecule is CC.CNc1ncc(C(=O)c2ccccc2)s1.Cc1ccco1. The molecule has 0 unspecified atom stereocenters. The Bertz CT molecular complexity index is 676. The molecule has 0 bridgehead atoms. The molecule has 3 aromatic rings. The van der Waals surface area contributed by atoms with Crippen molar-refractivity contribution in [3.63, 3.8) is 0 Å². The highest BCUT2D eigenvalue weighted by atomic mass is 32.1. The smallest absolute Gasteiger partial charge is 0.204 e. The van der Waals surface area contributed by atoms with Crippen LogP contribution < -0.4 is 5.32 Å². The Balaban J connectivity index is 0.000000276. The third-order valence-corrected chi connectivity index (χ3v) is 3.66. The van der Waals surface area contributed by atoms with Crippen LogP contribution in [0.5, 0.6) is 0 Å². The van der Waals surface area contributed by atoms with E-state index in [4.69, 9.17) is 4.42 Å². The van der Waals surface area contributed by atoms with Gasteiger partial charge in [-0.05, 0) is 19.1 Å². The minimum absolute atomic E-state index is 0.0228. The van der Waals surface area contributed by atoms with Crippen molar-refractivity contribution in [3.05, 3.63) is 71.1 Å². The van der Waals surface area contributed by atoms with Gasteiger partial charge in [-0.25, -0.2) is 4.98 Å². The van der Waals surface area contributed by atoms with Crippen LogP contribution >= 0.6 is 11.3 Å². The summed E-state index contributed by atoms with van der Waals surface area (Å²) in [5.74, 6) is 0.990. The van der Waals surface area contributed by atoms with E-state index in [0.717, 1.165) is 10.9 Å². The molecule has 3 rings (SSSR count). The molecule has 0 spiro atoms. The Kier molecular flexibility index (Phi) is 8.39. The minimum atomic E-state index is 0.0228. The summed E-state index contributed by atoms with van der Waals surface area (Å²) in [6, 6.07) is 13.0. The fourth-order valence-corrected chi connectivity index (χ4v) is 2.32. The zero-order valence-electron chi connectivity index (χ0n) is 13.9. The van der Waals surface area contributed by atoms with Crippen molar-refractivity contribution >= 4 is 22.3 Å².